The maximum atomic E-state index is 11.9. The number of carbonyl (C=O) groups excluding carboxylic acids is 1. The van der Waals surface area contributed by atoms with Crippen molar-refractivity contribution in [2.45, 2.75) is 6.61 Å². The number of hydrogen-bond acceptors (Lipinski definition) is 8. The first-order chi connectivity index (χ1) is 19.0. The molecular formula is C29H24N4O5S. The van der Waals surface area contributed by atoms with E-state index in [1.807, 2.05) is 72.9 Å². The average Bonchev–Trinajstić information content (AvgIpc) is 3.69. The van der Waals surface area contributed by atoms with E-state index < -0.39 is 0 Å². The highest BCUT2D eigenvalue weighted by Crippen LogP contribution is 2.34. The van der Waals surface area contributed by atoms with E-state index in [4.69, 9.17) is 18.6 Å². The molecular weight excluding hydrogens is 516 g/mol. The first-order valence-electron chi connectivity index (χ1n) is 12.1. The highest BCUT2D eigenvalue weighted by atomic mass is 32.1. The molecule has 3 aromatic carbocycles. The van der Waals surface area contributed by atoms with Crippen molar-refractivity contribution >= 4 is 33.2 Å². The normalized spacial score (nSPS) is 11.2. The lowest BCUT2D eigenvalue weighted by molar-refractivity contribution is 0.0963. The number of fused-ring (bicyclic) bond motifs is 2. The molecule has 39 heavy (non-hydrogen) atoms. The zero-order chi connectivity index (χ0) is 26.9. The minimum atomic E-state index is -0.115. The van der Waals surface area contributed by atoms with Crippen LogP contribution in [0.3, 0.4) is 0 Å². The zero-order valence-corrected chi connectivity index (χ0v) is 22.2. The topological polar surface area (TPSA) is 100 Å². The third kappa shape index (κ3) is 4.77. The highest BCUT2D eigenvalue weighted by Gasteiger charge is 2.17. The summed E-state index contributed by atoms with van der Waals surface area (Å²) < 4.78 is 24.8. The summed E-state index contributed by atoms with van der Waals surface area (Å²) in [7, 11) is 4.82. The lowest BCUT2D eigenvalue weighted by Gasteiger charge is -2.11. The second-order valence-corrected chi connectivity index (χ2v) is 9.63. The first-order valence-corrected chi connectivity index (χ1v) is 12.9. The Morgan fingerprint density at radius 3 is 2.59 bits per heavy atom. The molecule has 0 saturated heterocycles. The summed E-state index contributed by atoms with van der Waals surface area (Å²) in [5, 5.41) is 8.43. The third-order valence-corrected chi connectivity index (χ3v) is 7.20. The molecule has 6 rings (SSSR count). The van der Waals surface area contributed by atoms with Crippen molar-refractivity contribution in [3.63, 3.8) is 0 Å². The van der Waals surface area contributed by atoms with E-state index >= 15 is 0 Å². The van der Waals surface area contributed by atoms with Crippen LogP contribution in [0.4, 0.5) is 0 Å². The summed E-state index contributed by atoms with van der Waals surface area (Å²) >= 11 is 1.36. The van der Waals surface area contributed by atoms with Gasteiger partial charge in [-0.05, 0) is 58.9 Å². The largest absolute Gasteiger partial charge is 0.497 e. The number of ether oxygens (including phenoxy) is 3. The van der Waals surface area contributed by atoms with Gasteiger partial charge in [0.1, 0.15) is 29.4 Å². The van der Waals surface area contributed by atoms with Crippen LogP contribution in [0.5, 0.6) is 16.7 Å². The molecule has 9 nitrogen and oxygen atoms in total. The molecule has 0 spiro atoms. The number of nitrogens with zero attached hydrogens (tertiary/aromatic N) is 3. The smallest absolute Gasteiger partial charge is 0.294 e. The van der Waals surface area contributed by atoms with Crippen LogP contribution < -0.4 is 19.5 Å². The van der Waals surface area contributed by atoms with Gasteiger partial charge in [0, 0.05) is 29.6 Å². The third-order valence-electron chi connectivity index (χ3n) is 6.32. The standard InChI is InChI=1S/C29H24N4O5S/c1-30-27(34)18-9-7-17(8-10-18)19-5-4-6-21(11-19)37-16-20-12-22(35-2)13-25-23(20)14-26(38-25)24-15-33-28(31-24)39-29(32-33)36-3/h4-15H,16H2,1-3H3,(H,30,34). The van der Waals surface area contributed by atoms with Crippen molar-refractivity contribution in [2.75, 3.05) is 21.3 Å². The number of imidazole rings is 1. The molecule has 0 aliphatic heterocycles. The number of amides is 1. The monoisotopic (exact) mass is 540 g/mol. The Labute approximate surface area is 227 Å². The Bertz CT molecular complexity index is 1770. The van der Waals surface area contributed by atoms with E-state index in [0.29, 0.717) is 45.1 Å². The number of carbonyl (C=O) groups is 1. The van der Waals surface area contributed by atoms with E-state index in [0.717, 1.165) is 27.8 Å². The second kappa shape index (κ2) is 10.1. The summed E-state index contributed by atoms with van der Waals surface area (Å²) in [4.78, 5) is 17.2. The number of rotatable bonds is 8. The molecule has 1 N–H and O–H groups in total. The van der Waals surface area contributed by atoms with Gasteiger partial charge in [-0.3, -0.25) is 4.79 Å². The number of nitrogens with one attached hydrogen (secondary N) is 1. The van der Waals surface area contributed by atoms with Gasteiger partial charge in [-0.25, -0.2) is 9.50 Å². The Hall–Kier alpha value is -4.83. The van der Waals surface area contributed by atoms with Crippen LogP contribution in [-0.4, -0.2) is 41.8 Å². The number of hydrogen-bond donors (Lipinski definition) is 1. The first kappa shape index (κ1) is 24.5. The van der Waals surface area contributed by atoms with E-state index in [1.54, 1.807) is 25.8 Å². The van der Waals surface area contributed by atoms with Crippen molar-refractivity contribution in [3.05, 3.63) is 84.1 Å². The fourth-order valence-electron chi connectivity index (χ4n) is 4.32. The fraction of sp³-hybridized carbons (Fsp3) is 0.138. The maximum absolute atomic E-state index is 11.9. The summed E-state index contributed by atoms with van der Waals surface area (Å²) in [6.07, 6.45) is 1.81. The van der Waals surface area contributed by atoms with Gasteiger partial charge in [0.2, 0.25) is 4.96 Å². The van der Waals surface area contributed by atoms with Crippen LogP contribution in [0, 0.1) is 0 Å². The number of furan rings is 1. The molecule has 1 amide bonds. The summed E-state index contributed by atoms with van der Waals surface area (Å²) in [5.74, 6) is 1.90. The number of methoxy groups -OCH3 is 2. The molecule has 6 aromatic rings. The Morgan fingerprint density at radius 1 is 1.00 bits per heavy atom. The molecule has 3 aromatic heterocycles. The number of benzene rings is 3. The van der Waals surface area contributed by atoms with Gasteiger partial charge in [0.05, 0.1) is 20.4 Å². The van der Waals surface area contributed by atoms with Gasteiger partial charge in [0.15, 0.2) is 5.76 Å². The highest BCUT2D eigenvalue weighted by molar-refractivity contribution is 7.18. The van der Waals surface area contributed by atoms with Gasteiger partial charge in [0.25, 0.3) is 11.1 Å². The molecule has 0 unspecified atom stereocenters. The van der Waals surface area contributed by atoms with E-state index in [-0.39, 0.29) is 5.91 Å². The quantitative estimate of drug-likeness (QED) is 0.259. The van der Waals surface area contributed by atoms with E-state index in [2.05, 4.69) is 15.4 Å². The zero-order valence-electron chi connectivity index (χ0n) is 21.4. The molecule has 0 aliphatic carbocycles. The van der Waals surface area contributed by atoms with Crippen LogP contribution >= 0.6 is 11.3 Å². The van der Waals surface area contributed by atoms with Crippen LogP contribution in [0.15, 0.2) is 77.3 Å². The molecule has 3 heterocycles. The Kier molecular flexibility index (Phi) is 6.37. The molecule has 0 atom stereocenters. The van der Waals surface area contributed by atoms with Crippen LogP contribution in [0.2, 0.25) is 0 Å². The Balaban J connectivity index is 1.26. The average molecular weight is 541 g/mol. The maximum Gasteiger partial charge on any atom is 0.294 e. The van der Waals surface area contributed by atoms with Gasteiger partial charge in [-0.1, -0.05) is 24.3 Å². The summed E-state index contributed by atoms with van der Waals surface area (Å²) in [6, 6.07) is 21.1. The van der Waals surface area contributed by atoms with Crippen LogP contribution in [0.1, 0.15) is 15.9 Å². The van der Waals surface area contributed by atoms with Crippen molar-refractivity contribution in [2.24, 2.45) is 0 Å². The predicted molar refractivity (Wildman–Crippen MR) is 149 cm³/mol. The van der Waals surface area contributed by atoms with E-state index in [9.17, 15) is 4.79 Å². The predicted octanol–water partition coefficient (Wildman–Crippen LogP) is 5.83. The van der Waals surface area contributed by atoms with Gasteiger partial charge in [-0.15, -0.1) is 5.10 Å². The van der Waals surface area contributed by atoms with Crippen molar-refractivity contribution in [3.8, 4) is 39.3 Å². The van der Waals surface area contributed by atoms with Gasteiger partial charge < -0.3 is 23.9 Å². The SMILES string of the molecule is CNC(=O)c1ccc(-c2cccc(OCc3cc(OC)cc4oc(-c5cn6nc(OC)sc6n5)cc34)c2)cc1. The molecule has 0 aliphatic rings. The molecule has 196 valence electrons. The van der Waals surface area contributed by atoms with Crippen molar-refractivity contribution in [1.82, 2.24) is 19.9 Å². The minimum Gasteiger partial charge on any atom is -0.497 e. The molecule has 0 bridgehead atoms. The number of aromatic nitrogens is 3. The molecule has 0 fully saturated rings. The summed E-state index contributed by atoms with van der Waals surface area (Å²) in [5.41, 5.74) is 4.86. The van der Waals surface area contributed by atoms with Crippen LogP contribution in [0.25, 0.3) is 38.5 Å². The lowest BCUT2D eigenvalue weighted by atomic mass is 10.0. The molecule has 0 saturated carbocycles. The van der Waals surface area contributed by atoms with Crippen molar-refractivity contribution in [1.29, 1.82) is 0 Å². The second-order valence-electron chi connectivity index (χ2n) is 8.71. The summed E-state index contributed by atoms with van der Waals surface area (Å²) in [6.45, 7) is 0.308. The fourth-order valence-corrected chi connectivity index (χ4v) is 5.01. The molecule has 0 radical (unpaired) electrons. The van der Waals surface area contributed by atoms with Gasteiger partial charge in [-0.2, -0.15) is 0 Å². The molecule has 10 heteroatoms. The minimum absolute atomic E-state index is 0.115. The van der Waals surface area contributed by atoms with Gasteiger partial charge >= 0.3 is 0 Å². The Morgan fingerprint density at radius 2 is 1.85 bits per heavy atom. The van der Waals surface area contributed by atoms with E-state index in [1.165, 1.54) is 11.3 Å². The van der Waals surface area contributed by atoms with Crippen molar-refractivity contribution < 1.29 is 23.4 Å². The lowest BCUT2D eigenvalue weighted by Crippen LogP contribution is -2.17. The van der Waals surface area contributed by atoms with Crippen LogP contribution in [-0.2, 0) is 6.61 Å².